The van der Waals surface area contributed by atoms with E-state index in [1.165, 1.54) is 25.1 Å². The van der Waals surface area contributed by atoms with Gasteiger partial charge in [-0.15, -0.1) is 0 Å². The zero-order valence-electron chi connectivity index (χ0n) is 19.7. The summed E-state index contributed by atoms with van der Waals surface area (Å²) in [6.07, 6.45) is 0.178. The molecule has 3 unspecified atom stereocenters. The molecule has 0 radical (unpaired) electrons. The SMILES string of the molecule is CC(Br)C(=O)Nc1ccc2c(c1O)C(O)=C1C(=O)[C@]3(O)C(O)=C(C(N)=O)C(=O)[C@@H](N(C)C)C3CC1C2. The van der Waals surface area contributed by atoms with Crippen LogP contribution >= 0.6 is 15.9 Å². The number of hydrogen-bond donors (Lipinski definition) is 6. The molecule has 5 atom stereocenters. The third-order valence-electron chi connectivity index (χ3n) is 7.21. The van der Waals surface area contributed by atoms with Gasteiger partial charge >= 0.3 is 0 Å². The van der Waals surface area contributed by atoms with Crippen molar-refractivity contribution in [3.05, 3.63) is 40.2 Å². The monoisotopic (exact) mass is 563 g/mol. The molecule has 1 aromatic carbocycles. The first kappa shape index (κ1) is 25.9. The number of carbonyl (C=O) groups is 4. The number of Topliss-reactive ketones (excluding diaryl/α,β-unsaturated/α-hetero) is 2. The molecule has 0 bridgehead atoms. The van der Waals surface area contributed by atoms with Crippen molar-refractivity contribution in [2.24, 2.45) is 17.6 Å². The van der Waals surface area contributed by atoms with Gasteiger partial charge in [0.05, 0.1) is 22.1 Å². The number of phenols is 1. The number of ketones is 2. The molecule has 0 aliphatic heterocycles. The van der Waals surface area contributed by atoms with Crippen molar-refractivity contribution in [1.29, 1.82) is 0 Å². The average molecular weight is 564 g/mol. The van der Waals surface area contributed by atoms with Crippen LogP contribution in [-0.4, -0.2) is 79.3 Å². The van der Waals surface area contributed by atoms with Gasteiger partial charge in [0.1, 0.15) is 22.8 Å². The fourth-order valence-electron chi connectivity index (χ4n) is 5.55. The molecule has 4 rings (SSSR count). The molecule has 12 heteroatoms. The number of benzene rings is 1. The van der Waals surface area contributed by atoms with E-state index in [2.05, 4.69) is 21.2 Å². The number of hydrogen-bond acceptors (Lipinski definition) is 9. The first-order valence-electron chi connectivity index (χ1n) is 11.2. The molecule has 0 aromatic heterocycles. The van der Waals surface area contributed by atoms with Crippen LogP contribution in [0.25, 0.3) is 5.76 Å². The topological polar surface area (TPSA) is 190 Å². The summed E-state index contributed by atoms with van der Waals surface area (Å²) in [7, 11) is 3.07. The van der Waals surface area contributed by atoms with Crippen molar-refractivity contribution in [2.75, 3.05) is 19.4 Å². The fourth-order valence-corrected chi connectivity index (χ4v) is 5.67. The number of halogens is 1. The second-order valence-electron chi connectivity index (χ2n) is 9.56. The number of alkyl halides is 1. The molecule has 0 heterocycles. The van der Waals surface area contributed by atoms with E-state index in [0.29, 0.717) is 5.56 Å². The molecule has 11 nitrogen and oxygen atoms in total. The third-order valence-corrected chi connectivity index (χ3v) is 7.63. The minimum absolute atomic E-state index is 0.00480. The van der Waals surface area contributed by atoms with Gasteiger partial charge in [0.2, 0.25) is 11.7 Å². The molecule has 36 heavy (non-hydrogen) atoms. The lowest BCUT2D eigenvalue weighted by molar-refractivity contribution is -0.153. The fraction of sp³-hybridized carbons (Fsp3) is 0.417. The number of primary amides is 1. The number of nitrogens with zero attached hydrogens (tertiary/aromatic N) is 1. The van der Waals surface area contributed by atoms with Crippen LogP contribution in [0.15, 0.2) is 29.0 Å². The average Bonchev–Trinajstić information content (AvgIpc) is 2.77. The van der Waals surface area contributed by atoms with Crippen LogP contribution in [0, 0.1) is 11.8 Å². The Morgan fingerprint density at radius 1 is 1.22 bits per heavy atom. The highest BCUT2D eigenvalue weighted by molar-refractivity contribution is 9.10. The van der Waals surface area contributed by atoms with Crippen LogP contribution in [0.5, 0.6) is 5.75 Å². The van der Waals surface area contributed by atoms with E-state index in [0.717, 1.165) is 0 Å². The lowest BCUT2D eigenvalue weighted by atomic mass is 9.57. The Morgan fingerprint density at radius 2 is 1.86 bits per heavy atom. The molecule has 192 valence electrons. The minimum atomic E-state index is -2.70. The van der Waals surface area contributed by atoms with Crippen molar-refractivity contribution in [3.63, 3.8) is 0 Å². The van der Waals surface area contributed by atoms with Crippen LogP contribution in [0.2, 0.25) is 0 Å². The van der Waals surface area contributed by atoms with Crippen LogP contribution in [0.4, 0.5) is 5.69 Å². The molecule has 2 amide bonds. The number of phenolic OH excluding ortho intramolecular Hbond substituents is 1. The first-order valence-corrected chi connectivity index (χ1v) is 12.1. The number of aromatic hydroxyl groups is 1. The Kier molecular flexibility index (Phi) is 6.26. The highest BCUT2D eigenvalue weighted by atomic mass is 79.9. The van der Waals surface area contributed by atoms with Crippen LogP contribution in [0.1, 0.15) is 24.5 Å². The molecule has 0 spiro atoms. The van der Waals surface area contributed by atoms with E-state index >= 15 is 0 Å². The van der Waals surface area contributed by atoms with E-state index < -0.39 is 74.5 Å². The number of carbonyl (C=O) groups excluding carboxylic acids is 4. The maximum Gasteiger partial charge on any atom is 0.255 e. The van der Waals surface area contributed by atoms with Gasteiger partial charge in [-0.25, -0.2) is 0 Å². The molecule has 3 aliphatic carbocycles. The number of nitrogens with one attached hydrogen (secondary N) is 1. The number of amides is 2. The van der Waals surface area contributed by atoms with Gasteiger partial charge in [0.15, 0.2) is 11.4 Å². The Morgan fingerprint density at radius 3 is 2.42 bits per heavy atom. The first-order chi connectivity index (χ1) is 16.7. The van der Waals surface area contributed by atoms with E-state index in [4.69, 9.17) is 5.73 Å². The number of likely N-dealkylation sites (N-methyl/N-ethyl adjacent to an activating group) is 1. The van der Waals surface area contributed by atoms with Crippen molar-refractivity contribution >= 4 is 50.8 Å². The molecule has 0 saturated heterocycles. The van der Waals surface area contributed by atoms with Gasteiger partial charge in [-0.2, -0.15) is 0 Å². The number of anilines is 1. The Bertz CT molecular complexity index is 1280. The number of nitrogens with two attached hydrogens (primary N) is 1. The van der Waals surface area contributed by atoms with E-state index in [1.807, 2.05) is 0 Å². The van der Waals surface area contributed by atoms with Gasteiger partial charge in [0.25, 0.3) is 5.91 Å². The zero-order chi connectivity index (χ0) is 26.9. The van der Waals surface area contributed by atoms with Gasteiger partial charge in [-0.1, -0.05) is 22.0 Å². The van der Waals surface area contributed by atoms with Crippen LogP contribution in [-0.2, 0) is 25.6 Å². The summed E-state index contributed by atoms with van der Waals surface area (Å²) in [5.41, 5.74) is 1.89. The predicted octanol–water partition coefficient (Wildman–Crippen LogP) is 0.686. The minimum Gasteiger partial charge on any atom is -0.508 e. The quantitative estimate of drug-likeness (QED) is 0.174. The van der Waals surface area contributed by atoms with Crippen molar-refractivity contribution in [3.8, 4) is 5.75 Å². The van der Waals surface area contributed by atoms with Gasteiger partial charge in [0, 0.05) is 11.5 Å². The summed E-state index contributed by atoms with van der Waals surface area (Å²) in [6.45, 7) is 1.59. The van der Waals surface area contributed by atoms with E-state index in [1.54, 1.807) is 13.0 Å². The standard InChI is InChI=1S/C24H26BrN3O8/c1-8(25)23(35)27-12-5-4-9-6-10-7-11-16(28(2)3)19(31)15(22(26)34)21(33)24(11,36)20(32)14(10)18(30)13(9)17(12)29/h4-5,8,10-11,16,29-30,33,36H,6-7H2,1-3H3,(H2,26,34)(H,27,35)/t8?,10?,11?,16-,24-/m0/s1. The lowest BCUT2D eigenvalue weighted by Gasteiger charge is -2.50. The summed E-state index contributed by atoms with van der Waals surface area (Å²) < 4.78 is 0. The Labute approximate surface area is 214 Å². The van der Waals surface area contributed by atoms with Crippen molar-refractivity contribution in [1.82, 2.24) is 4.90 Å². The van der Waals surface area contributed by atoms with Gasteiger partial charge in [-0.05, 0) is 51.4 Å². The Hall–Kier alpha value is -3.22. The maximum absolute atomic E-state index is 13.8. The van der Waals surface area contributed by atoms with Crippen LogP contribution in [0.3, 0.4) is 0 Å². The molecule has 1 aromatic rings. The summed E-state index contributed by atoms with van der Waals surface area (Å²) in [5, 5.41) is 46.9. The van der Waals surface area contributed by atoms with E-state index in [-0.39, 0.29) is 29.7 Å². The summed E-state index contributed by atoms with van der Waals surface area (Å²) in [5.74, 6) is -7.67. The maximum atomic E-state index is 13.8. The molecular formula is C24H26BrN3O8. The molecule has 7 N–H and O–H groups in total. The summed E-state index contributed by atoms with van der Waals surface area (Å²) in [4.78, 5) is 51.8. The molecular weight excluding hydrogens is 538 g/mol. The van der Waals surface area contributed by atoms with Gasteiger partial charge in [-0.3, -0.25) is 24.1 Å². The number of fused-ring (bicyclic) bond motifs is 3. The molecule has 3 aliphatic rings. The smallest absolute Gasteiger partial charge is 0.255 e. The zero-order valence-corrected chi connectivity index (χ0v) is 21.3. The highest BCUT2D eigenvalue weighted by Gasteiger charge is 2.64. The normalized spacial score (nSPS) is 28.4. The molecule has 1 fully saturated rings. The number of aliphatic hydroxyl groups excluding tert-OH is 2. The highest BCUT2D eigenvalue weighted by Crippen LogP contribution is 2.53. The largest absolute Gasteiger partial charge is 0.508 e. The number of rotatable bonds is 4. The molecule has 1 saturated carbocycles. The van der Waals surface area contributed by atoms with Gasteiger partial charge < -0.3 is 31.5 Å². The number of aliphatic hydroxyl groups is 3. The predicted molar refractivity (Wildman–Crippen MR) is 131 cm³/mol. The Balaban J connectivity index is 1.90. The second kappa shape index (κ2) is 8.71. The van der Waals surface area contributed by atoms with Crippen molar-refractivity contribution in [2.45, 2.75) is 36.2 Å². The summed E-state index contributed by atoms with van der Waals surface area (Å²) in [6, 6.07) is 1.93. The second-order valence-corrected chi connectivity index (χ2v) is 10.9. The van der Waals surface area contributed by atoms with Crippen LogP contribution < -0.4 is 11.1 Å². The lowest BCUT2D eigenvalue weighted by Crippen LogP contribution is -2.65. The van der Waals surface area contributed by atoms with Crippen molar-refractivity contribution < 1.29 is 39.6 Å². The third kappa shape index (κ3) is 3.54. The summed E-state index contributed by atoms with van der Waals surface area (Å²) >= 11 is 3.13. The van der Waals surface area contributed by atoms with E-state index in [9.17, 15) is 39.6 Å².